The molecule has 0 radical (unpaired) electrons. The van der Waals surface area contributed by atoms with Gasteiger partial charge in [-0.15, -0.1) is 4.99 Å². The minimum atomic E-state index is 0.356. The number of hydrogen-bond acceptors (Lipinski definition) is 6. The number of likely N-dealkylation sites (tertiary alicyclic amines) is 1. The number of guanidine groups is 1. The highest BCUT2D eigenvalue weighted by atomic mass is 32.1. The number of fused-ring (bicyclic) bond motifs is 1. The average molecular weight is 435 g/mol. The second kappa shape index (κ2) is 10.2. The lowest BCUT2D eigenvalue weighted by atomic mass is 10.0. The monoisotopic (exact) mass is 434 g/mol. The minimum Gasteiger partial charge on any atom is -0.431 e. The van der Waals surface area contributed by atoms with Gasteiger partial charge >= 0.3 is 0 Å². The Morgan fingerprint density at radius 1 is 1.23 bits per heavy atom. The number of thiazole rings is 1. The summed E-state index contributed by atoms with van der Waals surface area (Å²) in [4.78, 5) is 10.8. The molecule has 0 saturated carbocycles. The third-order valence-electron chi connectivity index (χ3n) is 5.45. The highest BCUT2D eigenvalue weighted by Crippen LogP contribution is 2.31. The molecular weight excluding hydrogens is 408 g/mol. The van der Waals surface area contributed by atoms with E-state index in [0.29, 0.717) is 17.2 Å². The van der Waals surface area contributed by atoms with Crippen molar-refractivity contribution >= 4 is 27.5 Å². The molecular formula is C23H26N6OS. The van der Waals surface area contributed by atoms with Crippen molar-refractivity contribution in [2.45, 2.75) is 25.3 Å². The summed E-state index contributed by atoms with van der Waals surface area (Å²) in [7, 11) is 1.77. The van der Waals surface area contributed by atoms with Gasteiger partial charge in [-0.1, -0.05) is 35.6 Å². The predicted molar refractivity (Wildman–Crippen MR) is 125 cm³/mol. The van der Waals surface area contributed by atoms with Crippen molar-refractivity contribution in [3.8, 4) is 17.1 Å². The van der Waals surface area contributed by atoms with E-state index in [9.17, 15) is 0 Å². The molecule has 1 aliphatic rings. The highest BCUT2D eigenvalue weighted by Gasteiger charge is 2.19. The lowest BCUT2D eigenvalue weighted by Crippen LogP contribution is -2.48. The molecule has 0 aliphatic carbocycles. The summed E-state index contributed by atoms with van der Waals surface area (Å²) in [5.74, 6) is 1.36. The molecule has 2 aromatic carbocycles. The Morgan fingerprint density at radius 3 is 2.71 bits per heavy atom. The van der Waals surface area contributed by atoms with Crippen LogP contribution in [0.5, 0.6) is 10.9 Å². The lowest BCUT2D eigenvalue weighted by Gasteiger charge is -2.32. The normalized spacial score (nSPS) is 15.5. The van der Waals surface area contributed by atoms with E-state index in [2.05, 4.69) is 43.7 Å². The van der Waals surface area contributed by atoms with Gasteiger partial charge in [0.15, 0.2) is 0 Å². The van der Waals surface area contributed by atoms with Crippen molar-refractivity contribution in [1.29, 1.82) is 5.26 Å². The number of hydrogen-bond donors (Lipinski definition) is 2. The van der Waals surface area contributed by atoms with Crippen LogP contribution in [0.25, 0.3) is 10.2 Å². The van der Waals surface area contributed by atoms with Crippen LogP contribution in [0.3, 0.4) is 0 Å². The molecule has 1 fully saturated rings. The van der Waals surface area contributed by atoms with Crippen molar-refractivity contribution in [2.75, 3.05) is 26.7 Å². The fourth-order valence-electron chi connectivity index (χ4n) is 3.71. The molecule has 0 atom stereocenters. The Morgan fingerprint density at radius 2 is 2.00 bits per heavy atom. The summed E-state index contributed by atoms with van der Waals surface area (Å²) in [6.45, 7) is 3.12. The van der Waals surface area contributed by atoms with E-state index in [1.807, 2.05) is 36.5 Å². The molecule has 0 amide bonds. The summed E-state index contributed by atoms with van der Waals surface area (Å²) in [6, 6.07) is 16.7. The van der Waals surface area contributed by atoms with E-state index in [1.165, 1.54) is 5.56 Å². The number of nitrogens with zero attached hydrogens (tertiary/aromatic N) is 4. The van der Waals surface area contributed by atoms with Crippen LogP contribution in [0, 0.1) is 11.5 Å². The number of ether oxygens (including phenoxy) is 1. The van der Waals surface area contributed by atoms with Crippen LogP contribution in [0.4, 0.5) is 0 Å². The molecule has 0 unspecified atom stereocenters. The fraction of sp³-hybridized carbons (Fsp3) is 0.348. The van der Waals surface area contributed by atoms with E-state index < -0.39 is 0 Å². The van der Waals surface area contributed by atoms with Gasteiger partial charge in [0.2, 0.25) is 12.2 Å². The van der Waals surface area contributed by atoms with Gasteiger partial charge in [0.25, 0.3) is 5.19 Å². The first-order chi connectivity index (χ1) is 15.2. The molecule has 31 heavy (non-hydrogen) atoms. The molecule has 160 valence electrons. The Labute approximate surface area is 186 Å². The molecule has 1 aromatic heterocycles. The Bertz CT molecular complexity index is 1030. The van der Waals surface area contributed by atoms with E-state index in [4.69, 9.17) is 10.00 Å². The van der Waals surface area contributed by atoms with Gasteiger partial charge in [-0.3, -0.25) is 0 Å². The molecule has 8 heteroatoms. The summed E-state index contributed by atoms with van der Waals surface area (Å²) < 4.78 is 7.07. The van der Waals surface area contributed by atoms with E-state index in [0.717, 1.165) is 54.9 Å². The van der Waals surface area contributed by atoms with Crippen molar-refractivity contribution < 1.29 is 4.74 Å². The standard InChI is InChI=1S/C23H26N6OS/c1-25-22(26-16-24)27-18-11-14-29(15-12-18)13-10-17-6-8-19(9-7-17)30-23-28-20-4-2-3-5-21(20)31-23/h2-9,18H,10-15H2,1H3,(H2,25,26,27). The van der Waals surface area contributed by atoms with Gasteiger partial charge in [0.1, 0.15) is 5.75 Å². The molecule has 0 bridgehead atoms. The number of aromatic nitrogens is 1. The SMILES string of the molecule is CN/C(=N\C#N)NC1CCN(CCc2ccc(Oc3nc4ccccc4s3)cc2)CC1. The molecule has 4 rings (SSSR count). The van der Waals surface area contributed by atoms with Crippen LogP contribution in [0.2, 0.25) is 0 Å². The fourth-order valence-corrected chi connectivity index (χ4v) is 4.55. The number of piperidine rings is 1. The largest absolute Gasteiger partial charge is 0.431 e. The first-order valence-corrected chi connectivity index (χ1v) is 11.3. The maximum Gasteiger partial charge on any atom is 0.279 e. The van der Waals surface area contributed by atoms with Crippen LogP contribution in [-0.4, -0.2) is 48.6 Å². The first kappa shape index (κ1) is 21.1. The topological polar surface area (TPSA) is 85.6 Å². The number of rotatable bonds is 6. The van der Waals surface area contributed by atoms with Gasteiger partial charge < -0.3 is 20.3 Å². The van der Waals surface area contributed by atoms with Crippen LogP contribution >= 0.6 is 11.3 Å². The zero-order valence-electron chi connectivity index (χ0n) is 17.5. The predicted octanol–water partition coefficient (Wildman–Crippen LogP) is 3.74. The van der Waals surface area contributed by atoms with Crippen LogP contribution < -0.4 is 15.4 Å². The number of para-hydroxylation sites is 1. The average Bonchev–Trinajstić information content (AvgIpc) is 3.21. The van der Waals surface area contributed by atoms with Crippen LogP contribution in [0.15, 0.2) is 53.5 Å². The van der Waals surface area contributed by atoms with Gasteiger partial charge in [0.05, 0.1) is 10.2 Å². The maximum atomic E-state index is 8.70. The smallest absolute Gasteiger partial charge is 0.279 e. The zero-order valence-corrected chi connectivity index (χ0v) is 18.4. The Balaban J connectivity index is 1.23. The molecule has 2 N–H and O–H groups in total. The molecule has 7 nitrogen and oxygen atoms in total. The maximum absolute atomic E-state index is 8.70. The van der Waals surface area contributed by atoms with Gasteiger partial charge in [-0.05, 0) is 49.1 Å². The van der Waals surface area contributed by atoms with Crippen LogP contribution in [-0.2, 0) is 6.42 Å². The van der Waals surface area contributed by atoms with Crippen molar-refractivity contribution in [2.24, 2.45) is 4.99 Å². The number of nitrogens with one attached hydrogen (secondary N) is 2. The molecule has 2 heterocycles. The number of aliphatic imine (C=N–C) groups is 1. The molecule has 1 aliphatic heterocycles. The second-order valence-electron chi connectivity index (χ2n) is 7.51. The molecule has 0 spiro atoms. The minimum absolute atomic E-state index is 0.356. The van der Waals surface area contributed by atoms with Crippen molar-refractivity contribution in [1.82, 2.24) is 20.5 Å². The Kier molecular flexibility index (Phi) is 6.97. The number of nitriles is 1. The third-order valence-corrected chi connectivity index (χ3v) is 6.36. The van der Waals surface area contributed by atoms with E-state index >= 15 is 0 Å². The zero-order chi connectivity index (χ0) is 21.5. The van der Waals surface area contributed by atoms with Crippen molar-refractivity contribution in [3.63, 3.8) is 0 Å². The van der Waals surface area contributed by atoms with Gasteiger partial charge in [-0.25, -0.2) is 4.98 Å². The molecule has 1 saturated heterocycles. The summed E-state index contributed by atoms with van der Waals surface area (Å²) in [5.41, 5.74) is 2.27. The van der Waals surface area contributed by atoms with E-state index in [-0.39, 0.29) is 0 Å². The first-order valence-electron chi connectivity index (χ1n) is 10.5. The van der Waals surface area contributed by atoms with Gasteiger partial charge in [0, 0.05) is 32.7 Å². The quantitative estimate of drug-likeness (QED) is 0.349. The number of benzene rings is 2. The Hall–Kier alpha value is -3.15. The van der Waals surface area contributed by atoms with E-state index in [1.54, 1.807) is 18.4 Å². The van der Waals surface area contributed by atoms with Crippen LogP contribution in [0.1, 0.15) is 18.4 Å². The summed E-state index contributed by atoms with van der Waals surface area (Å²) in [5, 5.41) is 15.6. The molecule has 3 aromatic rings. The van der Waals surface area contributed by atoms with Crippen molar-refractivity contribution in [3.05, 3.63) is 54.1 Å². The highest BCUT2D eigenvalue weighted by molar-refractivity contribution is 7.20. The second-order valence-corrected chi connectivity index (χ2v) is 8.51. The summed E-state index contributed by atoms with van der Waals surface area (Å²) in [6.07, 6.45) is 4.92. The van der Waals surface area contributed by atoms with Gasteiger partial charge in [-0.2, -0.15) is 5.26 Å². The lowest BCUT2D eigenvalue weighted by molar-refractivity contribution is 0.208. The third kappa shape index (κ3) is 5.72. The summed E-state index contributed by atoms with van der Waals surface area (Å²) >= 11 is 1.56.